The minimum Gasteiger partial charge on any atom is -0.317 e. The molecule has 2 heterocycles. The van der Waals surface area contributed by atoms with Crippen molar-refractivity contribution in [1.82, 2.24) is 5.32 Å². The molecule has 1 aliphatic carbocycles. The Morgan fingerprint density at radius 1 is 1.07 bits per heavy atom. The predicted molar refractivity (Wildman–Crippen MR) is 122 cm³/mol. The van der Waals surface area contributed by atoms with E-state index in [2.05, 4.69) is 17.4 Å². The molecule has 0 bridgehead atoms. The van der Waals surface area contributed by atoms with Crippen LogP contribution in [0.2, 0.25) is 0 Å². The Hall–Kier alpha value is -1.85. The molecule has 2 unspecified atom stereocenters. The molecular weight excluding hydrogens is 392 g/mol. The van der Waals surface area contributed by atoms with E-state index in [9.17, 15) is 8.42 Å². The van der Waals surface area contributed by atoms with E-state index in [0.29, 0.717) is 17.4 Å². The molecule has 1 saturated heterocycles. The fraction of sp³-hybridized carbons (Fsp3) is 0.520. The lowest BCUT2D eigenvalue weighted by atomic mass is 9.91. The van der Waals surface area contributed by atoms with Gasteiger partial charge >= 0.3 is 0 Å². The molecule has 1 N–H and O–H groups in total. The molecule has 0 spiro atoms. The average Bonchev–Trinajstić information content (AvgIpc) is 3.41. The number of benzene rings is 2. The zero-order chi connectivity index (χ0) is 20.7. The zero-order valence-electron chi connectivity index (χ0n) is 17.8. The highest BCUT2D eigenvalue weighted by molar-refractivity contribution is 7.92. The number of rotatable bonds is 6. The highest BCUT2D eigenvalue weighted by Crippen LogP contribution is 2.51. The van der Waals surface area contributed by atoms with Crippen molar-refractivity contribution < 1.29 is 8.42 Å². The minimum absolute atomic E-state index is 0.389. The molecule has 0 amide bonds. The smallest absolute Gasteiger partial charge is 0.264 e. The lowest BCUT2D eigenvalue weighted by Gasteiger charge is -2.22. The lowest BCUT2D eigenvalue weighted by Crippen LogP contribution is -2.29. The third-order valence-corrected chi connectivity index (χ3v) is 9.10. The van der Waals surface area contributed by atoms with E-state index < -0.39 is 10.0 Å². The van der Waals surface area contributed by atoms with Gasteiger partial charge in [0.15, 0.2) is 0 Å². The summed E-state index contributed by atoms with van der Waals surface area (Å²) in [7, 11) is -3.50. The topological polar surface area (TPSA) is 49.4 Å². The summed E-state index contributed by atoms with van der Waals surface area (Å²) in [5, 5.41) is 3.46. The Morgan fingerprint density at radius 2 is 1.90 bits per heavy atom. The van der Waals surface area contributed by atoms with Gasteiger partial charge in [-0.2, -0.15) is 0 Å². The normalized spacial score (nSPS) is 24.1. The van der Waals surface area contributed by atoms with E-state index in [4.69, 9.17) is 0 Å². The standard InChI is InChI=1S/C25H32N2O2S/c1-18-3-2-4-23(15-18)30(28,29)27-14-11-22-16-20(7-8-25(22)27)24-17-21(24)6-5-19-9-12-26-13-10-19/h2-4,7-8,15-16,19,21,24,26H,5-6,9-14,17H2,1H3. The van der Waals surface area contributed by atoms with Crippen LogP contribution >= 0.6 is 0 Å². The fourth-order valence-electron chi connectivity index (χ4n) is 5.37. The molecule has 1 saturated carbocycles. The van der Waals surface area contributed by atoms with E-state index in [1.54, 1.807) is 16.4 Å². The van der Waals surface area contributed by atoms with Crippen molar-refractivity contribution in [3.8, 4) is 0 Å². The Labute approximate surface area is 180 Å². The molecule has 2 aliphatic heterocycles. The van der Waals surface area contributed by atoms with Gasteiger partial charge in [-0.3, -0.25) is 4.31 Å². The second-order valence-corrected chi connectivity index (χ2v) is 11.3. The molecular formula is C25H32N2O2S. The molecule has 4 nitrogen and oxygen atoms in total. The van der Waals surface area contributed by atoms with Crippen LogP contribution in [0.15, 0.2) is 47.4 Å². The molecule has 0 radical (unpaired) electrons. The van der Waals surface area contributed by atoms with Crippen LogP contribution in [0.25, 0.3) is 0 Å². The van der Waals surface area contributed by atoms with Gasteiger partial charge in [-0.25, -0.2) is 8.42 Å². The first-order valence-corrected chi connectivity index (χ1v) is 12.9. The maximum Gasteiger partial charge on any atom is 0.264 e. The Kier molecular flexibility index (Phi) is 5.36. The molecule has 5 rings (SSSR count). The summed E-state index contributed by atoms with van der Waals surface area (Å²) >= 11 is 0. The third kappa shape index (κ3) is 3.90. The number of hydrogen-bond acceptors (Lipinski definition) is 3. The third-order valence-electron chi connectivity index (χ3n) is 7.29. The first kappa shape index (κ1) is 20.1. The van der Waals surface area contributed by atoms with Crippen LogP contribution in [-0.2, 0) is 16.4 Å². The summed E-state index contributed by atoms with van der Waals surface area (Å²) in [5.41, 5.74) is 4.44. The van der Waals surface area contributed by atoms with E-state index in [1.165, 1.54) is 56.3 Å². The summed E-state index contributed by atoms with van der Waals surface area (Å²) in [6.07, 6.45) is 7.50. The molecule has 160 valence electrons. The maximum absolute atomic E-state index is 13.2. The Bertz CT molecular complexity index is 1030. The minimum atomic E-state index is -3.50. The number of piperidine rings is 1. The largest absolute Gasteiger partial charge is 0.317 e. The van der Waals surface area contributed by atoms with Crippen molar-refractivity contribution in [2.24, 2.45) is 11.8 Å². The van der Waals surface area contributed by atoms with Crippen LogP contribution in [0.3, 0.4) is 0 Å². The predicted octanol–water partition coefficient (Wildman–Crippen LogP) is 4.63. The average molecular weight is 425 g/mol. The number of nitrogens with one attached hydrogen (secondary N) is 1. The summed E-state index contributed by atoms with van der Waals surface area (Å²) in [6.45, 7) is 4.84. The van der Waals surface area contributed by atoms with Gasteiger partial charge in [-0.15, -0.1) is 0 Å². The van der Waals surface area contributed by atoms with Crippen molar-refractivity contribution >= 4 is 15.7 Å². The summed E-state index contributed by atoms with van der Waals surface area (Å²) in [5.74, 6) is 2.42. The van der Waals surface area contributed by atoms with Gasteiger partial charge in [0, 0.05) is 6.54 Å². The number of hydrogen-bond donors (Lipinski definition) is 1. The summed E-state index contributed by atoms with van der Waals surface area (Å²) in [4.78, 5) is 0.389. The number of sulfonamides is 1. The second kappa shape index (κ2) is 8.01. The van der Waals surface area contributed by atoms with Crippen LogP contribution in [-0.4, -0.2) is 28.1 Å². The first-order valence-electron chi connectivity index (χ1n) is 11.5. The SMILES string of the molecule is Cc1cccc(S(=O)(=O)N2CCc3cc(C4CC4CCC4CCNCC4)ccc32)c1. The first-order chi connectivity index (χ1) is 14.5. The van der Waals surface area contributed by atoms with Crippen LogP contribution in [0, 0.1) is 18.8 Å². The van der Waals surface area contributed by atoms with Gasteiger partial charge in [-0.05, 0) is 105 Å². The second-order valence-electron chi connectivity index (χ2n) is 9.40. The van der Waals surface area contributed by atoms with Crippen LogP contribution in [0.5, 0.6) is 0 Å². The van der Waals surface area contributed by atoms with Crippen molar-refractivity contribution in [1.29, 1.82) is 0 Å². The van der Waals surface area contributed by atoms with Gasteiger partial charge in [0.05, 0.1) is 10.6 Å². The molecule has 5 heteroatoms. The highest BCUT2D eigenvalue weighted by atomic mass is 32.2. The van der Waals surface area contributed by atoms with Gasteiger partial charge in [0.2, 0.25) is 0 Å². The van der Waals surface area contributed by atoms with Gasteiger partial charge < -0.3 is 5.32 Å². The quantitative estimate of drug-likeness (QED) is 0.736. The van der Waals surface area contributed by atoms with Crippen molar-refractivity contribution in [2.45, 2.75) is 56.3 Å². The van der Waals surface area contributed by atoms with E-state index in [-0.39, 0.29) is 0 Å². The van der Waals surface area contributed by atoms with Gasteiger partial charge in [0.25, 0.3) is 10.0 Å². The van der Waals surface area contributed by atoms with Gasteiger partial charge in [-0.1, -0.05) is 30.7 Å². The molecule has 2 aromatic carbocycles. The van der Waals surface area contributed by atoms with E-state index >= 15 is 0 Å². The van der Waals surface area contributed by atoms with Crippen molar-refractivity contribution in [2.75, 3.05) is 23.9 Å². The number of nitrogens with zero attached hydrogens (tertiary/aromatic N) is 1. The maximum atomic E-state index is 13.2. The van der Waals surface area contributed by atoms with Crippen LogP contribution in [0.4, 0.5) is 5.69 Å². The van der Waals surface area contributed by atoms with Crippen molar-refractivity contribution in [3.63, 3.8) is 0 Å². The monoisotopic (exact) mass is 424 g/mol. The Balaban J connectivity index is 1.27. The van der Waals surface area contributed by atoms with E-state index in [1.807, 2.05) is 25.1 Å². The number of fused-ring (bicyclic) bond motifs is 1. The molecule has 2 fully saturated rings. The summed E-state index contributed by atoms with van der Waals surface area (Å²) in [6, 6.07) is 13.7. The molecule has 2 aromatic rings. The molecule has 3 aliphatic rings. The zero-order valence-corrected chi connectivity index (χ0v) is 18.6. The fourth-order valence-corrected chi connectivity index (χ4v) is 6.98. The highest BCUT2D eigenvalue weighted by Gasteiger charge is 2.39. The Morgan fingerprint density at radius 3 is 2.70 bits per heavy atom. The molecule has 30 heavy (non-hydrogen) atoms. The van der Waals surface area contributed by atoms with Crippen molar-refractivity contribution in [3.05, 3.63) is 59.2 Å². The molecule has 0 aromatic heterocycles. The lowest BCUT2D eigenvalue weighted by molar-refractivity contribution is 0.340. The summed E-state index contributed by atoms with van der Waals surface area (Å²) < 4.78 is 28.0. The van der Waals surface area contributed by atoms with Crippen LogP contribution < -0.4 is 9.62 Å². The number of aryl methyl sites for hydroxylation is 1. The van der Waals surface area contributed by atoms with E-state index in [0.717, 1.165) is 29.5 Å². The van der Waals surface area contributed by atoms with Gasteiger partial charge in [0.1, 0.15) is 0 Å². The van der Waals surface area contributed by atoms with Crippen LogP contribution in [0.1, 0.15) is 54.7 Å². The number of anilines is 1. The molecule has 2 atom stereocenters.